The molecule has 8 nitrogen and oxygen atoms in total. The number of nitrogens with zero attached hydrogens (tertiary/aromatic N) is 4. The summed E-state index contributed by atoms with van der Waals surface area (Å²) in [6.07, 6.45) is 1.89. The number of benzene rings is 3. The number of aromatic nitrogens is 4. The van der Waals surface area contributed by atoms with E-state index < -0.39 is 15.8 Å². The van der Waals surface area contributed by atoms with Crippen LogP contribution in [0.3, 0.4) is 0 Å². The Balaban J connectivity index is 1.85. The lowest BCUT2D eigenvalue weighted by atomic mass is 10.00. The first kappa shape index (κ1) is 21.4. The lowest BCUT2D eigenvalue weighted by Gasteiger charge is -2.15. The van der Waals surface area contributed by atoms with Crippen molar-refractivity contribution in [1.82, 2.24) is 20.2 Å². The predicted octanol–water partition coefficient (Wildman–Crippen LogP) is 3.56. The van der Waals surface area contributed by atoms with Crippen molar-refractivity contribution in [2.24, 2.45) is 0 Å². The number of aryl methyl sites for hydroxylation is 1. The van der Waals surface area contributed by atoms with Gasteiger partial charge in [0.2, 0.25) is 0 Å². The molecule has 9 heteroatoms. The molecule has 4 aromatic rings. The standard InChI is InChI=1S/C23H20N4O4S/c1-2-16-8-9-18(23(28)29)13-22(16)32(30,31)14-19-12-20(27-15-24-25-26-27)10-11-21(19)17-6-4-3-5-7-17/h3-13,15H,2,14H2,1H3,(H,28,29). The molecule has 32 heavy (non-hydrogen) atoms. The highest BCUT2D eigenvalue weighted by molar-refractivity contribution is 7.90. The Morgan fingerprint density at radius 2 is 1.78 bits per heavy atom. The van der Waals surface area contributed by atoms with E-state index >= 15 is 0 Å². The van der Waals surface area contributed by atoms with Crippen molar-refractivity contribution < 1.29 is 18.3 Å². The average Bonchev–Trinajstić information content (AvgIpc) is 3.34. The van der Waals surface area contributed by atoms with Crippen molar-refractivity contribution in [3.63, 3.8) is 0 Å². The summed E-state index contributed by atoms with van der Waals surface area (Å²) >= 11 is 0. The van der Waals surface area contributed by atoms with Crippen LogP contribution in [-0.4, -0.2) is 39.7 Å². The van der Waals surface area contributed by atoms with Crippen molar-refractivity contribution in [3.05, 3.63) is 89.7 Å². The molecule has 0 atom stereocenters. The van der Waals surface area contributed by atoms with Gasteiger partial charge in [-0.1, -0.05) is 49.4 Å². The number of carboxylic acid groups (broad SMARTS) is 1. The van der Waals surface area contributed by atoms with E-state index in [1.54, 1.807) is 12.1 Å². The maximum Gasteiger partial charge on any atom is 0.335 e. The maximum absolute atomic E-state index is 13.5. The Kier molecular flexibility index (Phi) is 5.83. The van der Waals surface area contributed by atoms with Crippen LogP contribution in [-0.2, 0) is 22.0 Å². The summed E-state index contributed by atoms with van der Waals surface area (Å²) in [7, 11) is -3.85. The Bertz CT molecular complexity index is 1370. The molecule has 0 saturated heterocycles. The van der Waals surface area contributed by atoms with Gasteiger partial charge in [-0.2, -0.15) is 0 Å². The number of rotatable bonds is 7. The van der Waals surface area contributed by atoms with Gasteiger partial charge in [0.25, 0.3) is 0 Å². The summed E-state index contributed by atoms with van der Waals surface area (Å²) in [6.45, 7) is 1.84. The zero-order valence-corrected chi connectivity index (χ0v) is 18.0. The molecule has 0 saturated carbocycles. The highest BCUT2D eigenvalue weighted by Gasteiger charge is 2.23. The van der Waals surface area contributed by atoms with Crippen molar-refractivity contribution in [2.75, 3.05) is 0 Å². The Labute approximate surface area is 185 Å². The van der Waals surface area contributed by atoms with Crippen LogP contribution in [0.15, 0.2) is 78.0 Å². The minimum Gasteiger partial charge on any atom is -0.478 e. The molecule has 4 rings (SSSR count). The van der Waals surface area contributed by atoms with Crippen LogP contribution in [0.4, 0.5) is 0 Å². The molecule has 0 amide bonds. The number of tetrazole rings is 1. The quantitative estimate of drug-likeness (QED) is 0.460. The van der Waals surface area contributed by atoms with Gasteiger partial charge >= 0.3 is 5.97 Å². The molecule has 1 heterocycles. The van der Waals surface area contributed by atoms with Crippen LogP contribution in [0.25, 0.3) is 16.8 Å². The Hall–Kier alpha value is -3.85. The average molecular weight is 449 g/mol. The van der Waals surface area contributed by atoms with Gasteiger partial charge in [-0.15, -0.1) is 5.10 Å². The van der Waals surface area contributed by atoms with Gasteiger partial charge in [-0.05, 0) is 63.4 Å². The molecule has 0 bridgehead atoms. The summed E-state index contributed by atoms with van der Waals surface area (Å²) < 4.78 is 28.4. The van der Waals surface area contributed by atoms with E-state index in [4.69, 9.17) is 0 Å². The summed E-state index contributed by atoms with van der Waals surface area (Å²) in [5.41, 5.74) is 3.33. The normalized spacial score (nSPS) is 11.4. The minimum absolute atomic E-state index is 0.0340. The van der Waals surface area contributed by atoms with E-state index in [1.165, 1.54) is 23.1 Å². The highest BCUT2D eigenvalue weighted by Crippen LogP contribution is 2.30. The molecule has 1 aromatic heterocycles. The number of carboxylic acids is 1. The first-order chi connectivity index (χ1) is 15.4. The smallest absolute Gasteiger partial charge is 0.335 e. The molecule has 0 fully saturated rings. The first-order valence-electron chi connectivity index (χ1n) is 9.89. The summed E-state index contributed by atoms with van der Waals surface area (Å²) in [5.74, 6) is -1.47. The summed E-state index contributed by atoms with van der Waals surface area (Å²) in [4.78, 5) is 11.5. The van der Waals surface area contributed by atoms with Crippen LogP contribution in [0.1, 0.15) is 28.4 Å². The van der Waals surface area contributed by atoms with E-state index in [0.29, 0.717) is 23.2 Å². The SMILES string of the molecule is CCc1ccc(C(=O)O)cc1S(=O)(=O)Cc1cc(-n2cnnn2)ccc1-c1ccccc1. The third-order valence-corrected chi connectivity index (χ3v) is 6.90. The third-order valence-electron chi connectivity index (χ3n) is 5.16. The fraction of sp³-hybridized carbons (Fsp3) is 0.130. The molecular weight excluding hydrogens is 428 g/mol. The molecule has 0 aliphatic carbocycles. The van der Waals surface area contributed by atoms with Crippen molar-refractivity contribution >= 4 is 15.8 Å². The Morgan fingerprint density at radius 1 is 1.00 bits per heavy atom. The Morgan fingerprint density at radius 3 is 2.44 bits per heavy atom. The second-order valence-corrected chi connectivity index (χ2v) is 9.16. The van der Waals surface area contributed by atoms with Crippen LogP contribution >= 0.6 is 0 Å². The van der Waals surface area contributed by atoms with Crippen molar-refractivity contribution in [1.29, 1.82) is 0 Å². The number of hydrogen-bond donors (Lipinski definition) is 1. The molecule has 162 valence electrons. The van der Waals surface area contributed by atoms with E-state index in [1.807, 2.05) is 49.4 Å². The summed E-state index contributed by atoms with van der Waals surface area (Å²) in [5, 5.41) is 20.5. The van der Waals surface area contributed by atoms with Crippen LogP contribution in [0, 0.1) is 0 Å². The molecule has 0 aliphatic rings. The monoisotopic (exact) mass is 448 g/mol. The van der Waals surface area contributed by atoms with E-state index in [-0.39, 0.29) is 16.2 Å². The number of sulfone groups is 1. The lowest BCUT2D eigenvalue weighted by Crippen LogP contribution is -2.11. The van der Waals surface area contributed by atoms with Gasteiger partial charge in [0.05, 0.1) is 21.9 Å². The highest BCUT2D eigenvalue weighted by atomic mass is 32.2. The number of aromatic carboxylic acids is 1. The minimum atomic E-state index is -3.85. The van der Waals surface area contributed by atoms with E-state index in [2.05, 4.69) is 15.5 Å². The maximum atomic E-state index is 13.5. The summed E-state index contributed by atoms with van der Waals surface area (Å²) in [6, 6.07) is 19.1. The second-order valence-electron chi connectivity index (χ2n) is 7.20. The number of hydrogen-bond acceptors (Lipinski definition) is 6. The molecule has 0 radical (unpaired) electrons. The first-order valence-corrected chi connectivity index (χ1v) is 11.5. The van der Waals surface area contributed by atoms with Gasteiger partial charge in [-0.3, -0.25) is 0 Å². The second kappa shape index (κ2) is 8.72. The molecular formula is C23H20N4O4S. The molecule has 0 unspecified atom stereocenters. The lowest BCUT2D eigenvalue weighted by molar-refractivity contribution is 0.0696. The van der Waals surface area contributed by atoms with Crippen molar-refractivity contribution in [2.45, 2.75) is 24.0 Å². The van der Waals surface area contributed by atoms with Gasteiger partial charge in [0.1, 0.15) is 6.33 Å². The molecule has 1 N–H and O–H groups in total. The number of carbonyl (C=O) groups is 1. The van der Waals surface area contributed by atoms with E-state index in [9.17, 15) is 18.3 Å². The third kappa shape index (κ3) is 4.28. The van der Waals surface area contributed by atoms with Crippen LogP contribution in [0.5, 0.6) is 0 Å². The van der Waals surface area contributed by atoms with Gasteiger partial charge in [-0.25, -0.2) is 17.9 Å². The van der Waals surface area contributed by atoms with Crippen LogP contribution in [0.2, 0.25) is 0 Å². The molecule has 0 spiro atoms. The van der Waals surface area contributed by atoms with Gasteiger partial charge < -0.3 is 5.11 Å². The zero-order chi connectivity index (χ0) is 22.7. The topological polar surface area (TPSA) is 115 Å². The van der Waals surface area contributed by atoms with Crippen molar-refractivity contribution in [3.8, 4) is 16.8 Å². The molecule has 3 aromatic carbocycles. The fourth-order valence-electron chi connectivity index (χ4n) is 3.57. The molecule has 0 aliphatic heterocycles. The predicted molar refractivity (Wildman–Crippen MR) is 118 cm³/mol. The zero-order valence-electron chi connectivity index (χ0n) is 17.2. The van der Waals surface area contributed by atoms with Crippen LogP contribution < -0.4 is 0 Å². The van der Waals surface area contributed by atoms with E-state index in [0.717, 1.165) is 11.1 Å². The fourth-order valence-corrected chi connectivity index (χ4v) is 5.29. The van der Waals surface area contributed by atoms with Gasteiger partial charge in [0.15, 0.2) is 9.84 Å². The van der Waals surface area contributed by atoms with Gasteiger partial charge in [0, 0.05) is 0 Å². The largest absolute Gasteiger partial charge is 0.478 e.